The summed E-state index contributed by atoms with van der Waals surface area (Å²) in [6.45, 7) is 0. The van der Waals surface area contributed by atoms with Crippen molar-refractivity contribution in [1.29, 1.82) is 0 Å². The van der Waals surface area contributed by atoms with E-state index in [-0.39, 0.29) is 5.82 Å². The molecule has 1 aromatic carbocycles. The van der Waals surface area contributed by atoms with E-state index in [1.807, 2.05) is 28.7 Å². The molecule has 1 heterocycles. The largest absolute Gasteiger partial charge is 0.298 e. The summed E-state index contributed by atoms with van der Waals surface area (Å²) in [4.78, 5) is 10.6. The molecule has 0 N–H and O–H groups in total. The molecule has 0 spiro atoms. The van der Waals surface area contributed by atoms with E-state index in [0.29, 0.717) is 20.1 Å². The first kappa shape index (κ1) is 9.08. The van der Waals surface area contributed by atoms with Crippen LogP contribution in [0.4, 0.5) is 4.39 Å². The molecule has 0 aliphatic heterocycles. The first-order valence-electron chi connectivity index (χ1n) is 3.55. The van der Waals surface area contributed by atoms with Crippen LogP contribution in [-0.4, -0.2) is 6.29 Å². The zero-order valence-corrected chi connectivity index (χ0v) is 9.36. The predicted molar refractivity (Wildman–Crippen MR) is 59.9 cm³/mol. The predicted octanol–water partition coefficient (Wildman–Crippen LogP) is 3.46. The number of benzene rings is 1. The van der Waals surface area contributed by atoms with E-state index < -0.39 is 0 Å². The molecule has 1 aromatic heterocycles. The van der Waals surface area contributed by atoms with Crippen LogP contribution in [0.15, 0.2) is 18.2 Å². The van der Waals surface area contributed by atoms with E-state index in [9.17, 15) is 9.18 Å². The van der Waals surface area contributed by atoms with Crippen molar-refractivity contribution in [2.75, 3.05) is 0 Å². The van der Waals surface area contributed by atoms with Gasteiger partial charge >= 0.3 is 0 Å². The van der Waals surface area contributed by atoms with Crippen molar-refractivity contribution in [3.05, 3.63) is 32.5 Å². The van der Waals surface area contributed by atoms with Crippen molar-refractivity contribution in [1.82, 2.24) is 0 Å². The fraction of sp³-hybridized carbons (Fsp3) is 0. The summed E-state index contributed by atoms with van der Waals surface area (Å²) in [5, 5.41) is 0.451. The van der Waals surface area contributed by atoms with Crippen LogP contribution in [0.25, 0.3) is 10.1 Å². The number of carbonyl (C=O) groups excluding carboxylic acids is 1. The van der Waals surface area contributed by atoms with Gasteiger partial charge in [-0.3, -0.25) is 4.79 Å². The second-order valence-electron chi connectivity index (χ2n) is 2.53. The Bertz CT molecular complexity index is 478. The Morgan fingerprint density at radius 1 is 1.46 bits per heavy atom. The minimum absolute atomic E-state index is 0.275. The normalized spacial score (nSPS) is 10.6. The number of thiophene rings is 1. The zero-order chi connectivity index (χ0) is 9.42. The summed E-state index contributed by atoms with van der Waals surface area (Å²) in [7, 11) is 0. The van der Waals surface area contributed by atoms with Gasteiger partial charge in [-0.25, -0.2) is 4.39 Å². The number of halogens is 2. The number of carbonyl (C=O) groups is 1. The van der Waals surface area contributed by atoms with Gasteiger partial charge in [0.15, 0.2) is 12.1 Å². The van der Waals surface area contributed by atoms with Crippen LogP contribution in [-0.2, 0) is 0 Å². The monoisotopic (exact) mass is 306 g/mol. The number of rotatable bonds is 1. The van der Waals surface area contributed by atoms with Gasteiger partial charge in [0.1, 0.15) is 2.88 Å². The summed E-state index contributed by atoms with van der Waals surface area (Å²) in [6, 6.07) is 5.21. The van der Waals surface area contributed by atoms with Gasteiger partial charge in [0.05, 0.1) is 0 Å². The van der Waals surface area contributed by atoms with Gasteiger partial charge in [-0.05, 0) is 28.7 Å². The Morgan fingerprint density at radius 3 is 2.92 bits per heavy atom. The quantitative estimate of drug-likeness (QED) is 0.582. The molecule has 2 rings (SSSR count). The van der Waals surface area contributed by atoms with E-state index in [2.05, 4.69) is 0 Å². The maximum atomic E-state index is 13.4. The molecule has 0 aliphatic carbocycles. The topological polar surface area (TPSA) is 17.1 Å². The van der Waals surface area contributed by atoms with Gasteiger partial charge in [-0.15, -0.1) is 11.3 Å². The van der Waals surface area contributed by atoms with Crippen LogP contribution in [0.5, 0.6) is 0 Å². The lowest BCUT2D eigenvalue weighted by molar-refractivity contribution is 0.112. The second kappa shape index (κ2) is 3.34. The lowest BCUT2D eigenvalue weighted by Gasteiger charge is -1.92. The van der Waals surface area contributed by atoms with Gasteiger partial charge < -0.3 is 0 Å². The Balaban J connectivity index is 2.94. The number of hydrogen-bond donors (Lipinski definition) is 0. The van der Waals surface area contributed by atoms with Gasteiger partial charge in [0, 0.05) is 15.6 Å². The van der Waals surface area contributed by atoms with Crippen molar-refractivity contribution in [3.63, 3.8) is 0 Å². The van der Waals surface area contributed by atoms with Gasteiger partial charge in [-0.2, -0.15) is 0 Å². The lowest BCUT2D eigenvalue weighted by Crippen LogP contribution is -1.82. The van der Waals surface area contributed by atoms with Crippen molar-refractivity contribution in [2.45, 2.75) is 0 Å². The molecule has 2 aromatic rings. The highest BCUT2D eigenvalue weighted by Crippen LogP contribution is 2.32. The average molecular weight is 306 g/mol. The number of fused-ring (bicyclic) bond motifs is 1. The number of hydrogen-bond acceptors (Lipinski definition) is 2. The Kier molecular flexibility index (Phi) is 2.33. The average Bonchev–Trinajstić information content (AvgIpc) is 2.43. The molecule has 0 bridgehead atoms. The lowest BCUT2D eigenvalue weighted by atomic mass is 10.1. The molecule has 66 valence electrons. The third-order valence-corrected chi connectivity index (χ3v) is 3.83. The molecular formula is C9H4FIOS. The van der Waals surface area contributed by atoms with Crippen molar-refractivity contribution >= 4 is 50.3 Å². The fourth-order valence-electron chi connectivity index (χ4n) is 1.21. The molecule has 0 atom stereocenters. The highest BCUT2D eigenvalue weighted by atomic mass is 127. The summed E-state index contributed by atoms with van der Waals surface area (Å²) >= 11 is 3.30. The Morgan fingerprint density at radius 2 is 2.23 bits per heavy atom. The van der Waals surface area contributed by atoms with E-state index >= 15 is 0 Å². The molecule has 13 heavy (non-hydrogen) atoms. The summed E-state index contributed by atoms with van der Waals surface area (Å²) in [5.41, 5.74) is 0.425. The van der Waals surface area contributed by atoms with Gasteiger partial charge in [0.25, 0.3) is 0 Å². The van der Waals surface area contributed by atoms with E-state index in [0.717, 1.165) is 4.70 Å². The maximum absolute atomic E-state index is 13.4. The van der Waals surface area contributed by atoms with Crippen LogP contribution >= 0.6 is 33.9 Å². The fourth-order valence-corrected chi connectivity index (χ4v) is 3.03. The molecule has 0 aliphatic rings. The summed E-state index contributed by atoms with van der Waals surface area (Å²) in [5.74, 6) is -0.275. The highest BCUT2D eigenvalue weighted by Gasteiger charge is 2.12. The highest BCUT2D eigenvalue weighted by molar-refractivity contribution is 14.1. The molecule has 0 saturated heterocycles. The minimum Gasteiger partial charge on any atom is -0.298 e. The first-order valence-corrected chi connectivity index (χ1v) is 5.45. The van der Waals surface area contributed by atoms with Gasteiger partial charge in [-0.1, -0.05) is 12.1 Å². The minimum atomic E-state index is -0.275. The Hall–Kier alpha value is -0.490. The number of aldehydes is 1. The standard InChI is InChI=1S/C9H4FIOS/c10-8-7-5(4-12)2-1-3-6(7)13-9(8)11/h1-4H. The third kappa shape index (κ3) is 1.38. The third-order valence-electron chi connectivity index (χ3n) is 1.78. The van der Waals surface area contributed by atoms with Crippen LogP contribution < -0.4 is 0 Å². The smallest absolute Gasteiger partial charge is 0.155 e. The molecule has 0 unspecified atom stereocenters. The van der Waals surface area contributed by atoms with Crippen LogP contribution in [0.3, 0.4) is 0 Å². The molecule has 0 amide bonds. The molecule has 0 fully saturated rings. The molecular weight excluding hydrogens is 302 g/mol. The molecule has 0 radical (unpaired) electrons. The van der Waals surface area contributed by atoms with Crippen molar-refractivity contribution in [3.8, 4) is 0 Å². The second-order valence-corrected chi connectivity index (χ2v) is 5.39. The zero-order valence-electron chi connectivity index (χ0n) is 6.38. The SMILES string of the molecule is O=Cc1cccc2sc(I)c(F)c12. The first-order chi connectivity index (χ1) is 6.24. The molecule has 1 nitrogen and oxygen atoms in total. The van der Waals surface area contributed by atoms with E-state index in [4.69, 9.17) is 0 Å². The van der Waals surface area contributed by atoms with Crippen LogP contribution in [0.2, 0.25) is 0 Å². The van der Waals surface area contributed by atoms with Crippen LogP contribution in [0, 0.1) is 8.70 Å². The van der Waals surface area contributed by atoms with E-state index in [1.165, 1.54) is 11.3 Å². The Labute approximate surface area is 91.7 Å². The van der Waals surface area contributed by atoms with E-state index in [1.54, 1.807) is 12.1 Å². The maximum Gasteiger partial charge on any atom is 0.155 e. The summed E-state index contributed by atoms with van der Waals surface area (Å²) in [6.07, 6.45) is 0.689. The van der Waals surface area contributed by atoms with Crippen molar-refractivity contribution in [2.24, 2.45) is 0 Å². The molecule has 0 saturated carbocycles. The summed E-state index contributed by atoms with van der Waals surface area (Å²) < 4.78 is 14.9. The molecule has 4 heteroatoms. The van der Waals surface area contributed by atoms with Crippen molar-refractivity contribution < 1.29 is 9.18 Å². The van der Waals surface area contributed by atoms with Gasteiger partial charge in [0.2, 0.25) is 0 Å². The van der Waals surface area contributed by atoms with Crippen LogP contribution in [0.1, 0.15) is 10.4 Å².